The van der Waals surface area contributed by atoms with Gasteiger partial charge in [0.25, 0.3) is 0 Å². The number of hydrogen-bond donors (Lipinski definition) is 1. The van der Waals surface area contributed by atoms with E-state index in [2.05, 4.69) is 9.97 Å². The van der Waals surface area contributed by atoms with Crippen molar-refractivity contribution in [3.8, 4) is 0 Å². The molecule has 1 N–H and O–H groups in total. The van der Waals surface area contributed by atoms with Crippen LogP contribution in [0.25, 0.3) is 6.08 Å². The van der Waals surface area contributed by atoms with Crippen molar-refractivity contribution in [2.75, 3.05) is 11.9 Å². The van der Waals surface area contributed by atoms with E-state index in [0.29, 0.717) is 18.1 Å². The number of carboxylic acid groups (broad SMARTS) is 1. The first-order chi connectivity index (χ1) is 9.65. The molecule has 20 heavy (non-hydrogen) atoms. The number of carboxylic acids is 1. The van der Waals surface area contributed by atoms with E-state index in [1.165, 1.54) is 11.6 Å². The number of anilines is 1. The summed E-state index contributed by atoms with van der Waals surface area (Å²) in [5, 5.41) is 8.55. The highest BCUT2D eigenvalue weighted by atomic mass is 16.4. The molecule has 0 saturated heterocycles. The molecule has 5 heteroatoms. The van der Waals surface area contributed by atoms with Crippen molar-refractivity contribution in [3.05, 3.63) is 59.9 Å². The highest BCUT2D eigenvalue weighted by Gasteiger charge is 2.04. The minimum Gasteiger partial charge on any atom is -0.478 e. The number of carbonyl (C=O) groups is 1. The van der Waals surface area contributed by atoms with Crippen LogP contribution in [-0.2, 0) is 11.3 Å². The number of nitrogens with zero attached hydrogens (tertiary/aromatic N) is 3. The van der Waals surface area contributed by atoms with Gasteiger partial charge >= 0.3 is 5.97 Å². The molecule has 0 atom stereocenters. The maximum atomic E-state index is 10.4. The first kappa shape index (κ1) is 13.7. The molecule has 1 aromatic carbocycles. The highest BCUT2D eigenvalue weighted by Crippen LogP contribution is 2.10. The van der Waals surface area contributed by atoms with Crippen LogP contribution in [0.1, 0.15) is 11.1 Å². The van der Waals surface area contributed by atoms with Crippen LogP contribution in [0.15, 0.2) is 48.8 Å². The normalized spacial score (nSPS) is 10.7. The Morgan fingerprint density at radius 3 is 2.50 bits per heavy atom. The Labute approximate surface area is 117 Å². The van der Waals surface area contributed by atoms with E-state index in [0.717, 1.165) is 6.08 Å². The summed E-state index contributed by atoms with van der Waals surface area (Å²) < 4.78 is 0. The summed E-state index contributed by atoms with van der Waals surface area (Å²) in [6, 6.07) is 10.0. The zero-order chi connectivity index (χ0) is 14.4. The van der Waals surface area contributed by atoms with Crippen LogP contribution in [0.4, 0.5) is 5.95 Å². The molecule has 2 rings (SSSR count). The van der Waals surface area contributed by atoms with Gasteiger partial charge in [-0.15, -0.1) is 0 Å². The SMILES string of the molecule is CN(Cc1ccccc1)c1ncc(/C=C/C(=O)O)cn1. The Bertz CT molecular complexity index is 594. The van der Waals surface area contributed by atoms with Gasteiger partial charge in [-0.2, -0.15) is 0 Å². The average molecular weight is 269 g/mol. The second-order valence-corrected chi connectivity index (χ2v) is 4.33. The summed E-state index contributed by atoms with van der Waals surface area (Å²) in [6.45, 7) is 0.713. The first-order valence-corrected chi connectivity index (χ1v) is 6.13. The Hall–Kier alpha value is -2.69. The molecule has 0 radical (unpaired) electrons. The molecule has 0 spiro atoms. The molecule has 1 heterocycles. The van der Waals surface area contributed by atoms with Crippen molar-refractivity contribution in [1.29, 1.82) is 0 Å². The fourth-order valence-corrected chi connectivity index (χ4v) is 1.71. The van der Waals surface area contributed by atoms with E-state index in [-0.39, 0.29) is 0 Å². The molecule has 0 amide bonds. The lowest BCUT2D eigenvalue weighted by atomic mass is 10.2. The minimum absolute atomic E-state index is 0.598. The van der Waals surface area contributed by atoms with Gasteiger partial charge in [-0.3, -0.25) is 0 Å². The van der Waals surface area contributed by atoms with Crippen LogP contribution in [0, 0.1) is 0 Å². The first-order valence-electron chi connectivity index (χ1n) is 6.13. The summed E-state index contributed by atoms with van der Waals surface area (Å²) >= 11 is 0. The van der Waals surface area contributed by atoms with Gasteiger partial charge in [0.2, 0.25) is 5.95 Å². The van der Waals surface area contributed by atoms with Crippen LogP contribution < -0.4 is 4.90 Å². The zero-order valence-corrected chi connectivity index (χ0v) is 11.1. The van der Waals surface area contributed by atoms with Gasteiger partial charge in [0, 0.05) is 37.6 Å². The maximum Gasteiger partial charge on any atom is 0.328 e. The van der Waals surface area contributed by atoms with Crippen LogP contribution in [0.5, 0.6) is 0 Å². The molecule has 0 aliphatic heterocycles. The largest absolute Gasteiger partial charge is 0.478 e. The Morgan fingerprint density at radius 1 is 1.25 bits per heavy atom. The van der Waals surface area contributed by atoms with Crippen molar-refractivity contribution >= 4 is 18.0 Å². The predicted octanol–water partition coefficient (Wildman–Crippen LogP) is 2.21. The summed E-state index contributed by atoms with van der Waals surface area (Å²) in [6.07, 6.45) is 5.72. The van der Waals surface area contributed by atoms with Gasteiger partial charge in [-0.05, 0) is 11.6 Å². The molecule has 0 unspecified atom stereocenters. The molecule has 102 valence electrons. The van der Waals surface area contributed by atoms with Crippen molar-refractivity contribution < 1.29 is 9.90 Å². The average Bonchev–Trinajstić information content (AvgIpc) is 2.46. The van der Waals surface area contributed by atoms with Gasteiger partial charge in [-0.1, -0.05) is 30.3 Å². The van der Waals surface area contributed by atoms with Crippen molar-refractivity contribution in [2.45, 2.75) is 6.54 Å². The molecular weight excluding hydrogens is 254 g/mol. The fraction of sp³-hybridized carbons (Fsp3) is 0.133. The standard InChI is InChI=1S/C15H15N3O2/c1-18(11-12-5-3-2-4-6-12)15-16-9-13(10-17-15)7-8-14(19)20/h2-10H,11H2,1H3,(H,19,20)/b8-7+. The maximum absolute atomic E-state index is 10.4. The van der Waals surface area contributed by atoms with E-state index < -0.39 is 5.97 Å². The molecule has 2 aromatic rings. The lowest BCUT2D eigenvalue weighted by Crippen LogP contribution is -2.18. The van der Waals surface area contributed by atoms with Crippen molar-refractivity contribution in [1.82, 2.24) is 9.97 Å². The minimum atomic E-state index is -0.990. The summed E-state index contributed by atoms with van der Waals surface area (Å²) in [5.74, 6) is -0.392. The Morgan fingerprint density at radius 2 is 1.90 bits per heavy atom. The predicted molar refractivity (Wildman–Crippen MR) is 77.3 cm³/mol. The number of hydrogen-bond acceptors (Lipinski definition) is 4. The van der Waals surface area contributed by atoms with E-state index >= 15 is 0 Å². The van der Waals surface area contributed by atoms with E-state index in [4.69, 9.17) is 5.11 Å². The van der Waals surface area contributed by atoms with Crippen molar-refractivity contribution in [3.63, 3.8) is 0 Å². The molecule has 0 aliphatic rings. The Kier molecular flexibility index (Phi) is 4.44. The molecule has 0 bridgehead atoms. The van der Waals surface area contributed by atoms with Crippen molar-refractivity contribution in [2.24, 2.45) is 0 Å². The second-order valence-electron chi connectivity index (χ2n) is 4.33. The molecule has 5 nitrogen and oxygen atoms in total. The molecule has 0 aliphatic carbocycles. The summed E-state index contributed by atoms with van der Waals surface area (Å²) in [7, 11) is 1.91. The van der Waals surface area contributed by atoms with Gasteiger partial charge in [-0.25, -0.2) is 14.8 Å². The van der Waals surface area contributed by atoms with Gasteiger partial charge in [0.05, 0.1) is 0 Å². The van der Waals surface area contributed by atoms with Gasteiger partial charge in [0.15, 0.2) is 0 Å². The second kappa shape index (κ2) is 6.47. The lowest BCUT2D eigenvalue weighted by Gasteiger charge is -2.16. The van der Waals surface area contributed by atoms with Crippen LogP contribution in [-0.4, -0.2) is 28.1 Å². The monoisotopic (exact) mass is 269 g/mol. The van der Waals surface area contributed by atoms with Crippen LogP contribution >= 0.6 is 0 Å². The summed E-state index contributed by atoms with van der Waals surface area (Å²) in [4.78, 5) is 20.8. The van der Waals surface area contributed by atoms with E-state index in [1.807, 2.05) is 42.3 Å². The van der Waals surface area contributed by atoms with Crippen LogP contribution in [0.3, 0.4) is 0 Å². The molecular formula is C15H15N3O2. The summed E-state index contributed by atoms with van der Waals surface area (Å²) in [5.41, 5.74) is 1.83. The molecule has 1 aromatic heterocycles. The smallest absolute Gasteiger partial charge is 0.328 e. The Balaban J connectivity index is 2.04. The highest BCUT2D eigenvalue weighted by molar-refractivity contribution is 5.85. The lowest BCUT2D eigenvalue weighted by molar-refractivity contribution is -0.131. The quantitative estimate of drug-likeness (QED) is 0.843. The van der Waals surface area contributed by atoms with E-state index in [1.54, 1.807) is 12.4 Å². The third kappa shape index (κ3) is 3.91. The van der Waals surface area contributed by atoms with Gasteiger partial charge < -0.3 is 10.0 Å². The number of rotatable bonds is 5. The topological polar surface area (TPSA) is 66.3 Å². The third-order valence-electron chi connectivity index (χ3n) is 2.68. The number of benzene rings is 1. The third-order valence-corrected chi connectivity index (χ3v) is 2.68. The fourth-order valence-electron chi connectivity index (χ4n) is 1.71. The molecule has 0 fully saturated rings. The van der Waals surface area contributed by atoms with Gasteiger partial charge in [0.1, 0.15) is 0 Å². The van der Waals surface area contributed by atoms with Crippen LogP contribution in [0.2, 0.25) is 0 Å². The van der Waals surface area contributed by atoms with E-state index in [9.17, 15) is 4.79 Å². The zero-order valence-electron chi connectivity index (χ0n) is 11.1. The number of aliphatic carboxylic acids is 1. The number of aromatic nitrogens is 2. The molecule has 0 saturated carbocycles.